The van der Waals surface area contributed by atoms with Gasteiger partial charge in [0.2, 0.25) is 0 Å². The standard InChI is InChI=1S/C10H16N4O/c1-13-8-11-12-10(13)6-14-5-3-2-4-9(14)7-15/h7-9H,2-6H2,1H3. The van der Waals surface area contributed by atoms with E-state index in [0.29, 0.717) is 0 Å². The van der Waals surface area contributed by atoms with Crippen LogP contribution in [-0.4, -0.2) is 38.5 Å². The molecule has 1 atom stereocenters. The minimum atomic E-state index is 0.0652. The first-order chi connectivity index (χ1) is 7.31. The molecule has 0 saturated carbocycles. The lowest BCUT2D eigenvalue weighted by Gasteiger charge is -2.31. The van der Waals surface area contributed by atoms with Gasteiger partial charge in [-0.3, -0.25) is 4.90 Å². The summed E-state index contributed by atoms with van der Waals surface area (Å²) in [6.07, 6.45) is 6.03. The van der Waals surface area contributed by atoms with Crippen LogP contribution in [0.2, 0.25) is 0 Å². The highest BCUT2D eigenvalue weighted by atomic mass is 16.1. The highest BCUT2D eigenvalue weighted by Gasteiger charge is 2.22. The van der Waals surface area contributed by atoms with Gasteiger partial charge in [0.1, 0.15) is 18.4 Å². The smallest absolute Gasteiger partial charge is 0.146 e. The van der Waals surface area contributed by atoms with Gasteiger partial charge in [-0.1, -0.05) is 6.42 Å². The number of rotatable bonds is 3. The van der Waals surface area contributed by atoms with Crippen molar-refractivity contribution in [2.24, 2.45) is 7.05 Å². The van der Waals surface area contributed by atoms with Crippen LogP contribution >= 0.6 is 0 Å². The van der Waals surface area contributed by atoms with Gasteiger partial charge in [-0.25, -0.2) is 0 Å². The summed E-state index contributed by atoms with van der Waals surface area (Å²) in [7, 11) is 1.93. The molecule has 1 aliphatic rings. The molecule has 82 valence electrons. The lowest BCUT2D eigenvalue weighted by atomic mass is 10.0. The molecule has 5 heteroatoms. The normalized spacial score (nSPS) is 22.9. The van der Waals surface area contributed by atoms with Gasteiger partial charge in [0.05, 0.1) is 12.6 Å². The van der Waals surface area contributed by atoms with E-state index in [1.807, 2.05) is 11.6 Å². The molecule has 0 amide bonds. The summed E-state index contributed by atoms with van der Waals surface area (Å²) in [6, 6.07) is 0.0652. The highest BCUT2D eigenvalue weighted by Crippen LogP contribution is 2.17. The highest BCUT2D eigenvalue weighted by molar-refractivity contribution is 5.57. The van der Waals surface area contributed by atoms with Gasteiger partial charge in [-0.2, -0.15) is 0 Å². The molecule has 0 radical (unpaired) electrons. The molecular weight excluding hydrogens is 192 g/mol. The van der Waals surface area contributed by atoms with E-state index >= 15 is 0 Å². The van der Waals surface area contributed by atoms with Crippen LogP contribution in [0.4, 0.5) is 0 Å². The quantitative estimate of drug-likeness (QED) is 0.673. The third kappa shape index (κ3) is 2.23. The summed E-state index contributed by atoms with van der Waals surface area (Å²) in [5, 5.41) is 7.87. The van der Waals surface area contributed by atoms with E-state index in [-0.39, 0.29) is 6.04 Å². The molecule has 1 saturated heterocycles. The maximum atomic E-state index is 10.9. The van der Waals surface area contributed by atoms with E-state index in [0.717, 1.165) is 38.0 Å². The predicted molar refractivity (Wildman–Crippen MR) is 55.1 cm³/mol. The Kier molecular flexibility index (Phi) is 3.11. The van der Waals surface area contributed by atoms with Crippen molar-refractivity contribution in [3.63, 3.8) is 0 Å². The minimum absolute atomic E-state index is 0.0652. The lowest BCUT2D eigenvalue weighted by molar-refractivity contribution is -0.113. The molecule has 1 aromatic rings. The molecule has 1 unspecified atom stereocenters. The fourth-order valence-corrected chi connectivity index (χ4v) is 2.00. The van der Waals surface area contributed by atoms with E-state index in [1.165, 1.54) is 6.42 Å². The van der Waals surface area contributed by atoms with Crippen molar-refractivity contribution < 1.29 is 4.79 Å². The van der Waals surface area contributed by atoms with Gasteiger partial charge in [0, 0.05) is 7.05 Å². The largest absolute Gasteiger partial charge is 0.320 e. The van der Waals surface area contributed by atoms with Crippen molar-refractivity contribution in [3.05, 3.63) is 12.2 Å². The Morgan fingerprint density at radius 3 is 3.13 bits per heavy atom. The average Bonchev–Trinajstić information content (AvgIpc) is 2.65. The number of likely N-dealkylation sites (tertiary alicyclic amines) is 1. The van der Waals surface area contributed by atoms with Gasteiger partial charge >= 0.3 is 0 Å². The van der Waals surface area contributed by atoms with Gasteiger partial charge in [0.25, 0.3) is 0 Å². The number of carbonyl (C=O) groups excluding carboxylic acids is 1. The van der Waals surface area contributed by atoms with Crippen LogP contribution < -0.4 is 0 Å². The van der Waals surface area contributed by atoms with Crippen LogP contribution in [0.15, 0.2) is 6.33 Å². The number of hydrogen-bond acceptors (Lipinski definition) is 4. The van der Waals surface area contributed by atoms with Crippen molar-refractivity contribution in [1.29, 1.82) is 0 Å². The van der Waals surface area contributed by atoms with Crippen LogP contribution in [0.5, 0.6) is 0 Å². The van der Waals surface area contributed by atoms with E-state index in [1.54, 1.807) is 6.33 Å². The maximum absolute atomic E-state index is 10.9. The first kappa shape index (κ1) is 10.3. The number of carbonyl (C=O) groups is 1. The first-order valence-electron chi connectivity index (χ1n) is 5.33. The van der Waals surface area contributed by atoms with Crippen LogP contribution in [0, 0.1) is 0 Å². The number of aldehydes is 1. The Labute approximate surface area is 89.1 Å². The molecule has 1 aromatic heterocycles. The molecule has 2 heterocycles. The molecule has 0 N–H and O–H groups in total. The zero-order chi connectivity index (χ0) is 10.7. The number of aromatic nitrogens is 3. The second-order valence-electron chi connectivity index (χ2n) is 4.03. The average molecular weight is 208 g/mol. The van der Waals surface area contributed by atoms with E-state index in [2.05, 4.69) is 15.1 Å². The molecule has 1 aliphatic heterocycles. The molecule has 0 bridgehead atoms. The number of nitrogens with zero attached hydrogens (tertiary/aromatic N) is 4. The van der Waals surface area contributed by atoms with Crippen molar-refractivity contribution in [1.82, 2.24) is 19.7 Å². The van der Waals surface area contributed by atoms with E-state index < -0.39 is 0 Å². The maximum Gasteiger partial charge on any atom is 0.146 e. The Hall–Kier alpha value is -1.23. The van der Waals surface area contributed by atoms with Crippen molar-refractivity contribution in [3.8, 4) is 0 Å². The monoisotopic (exact) mass is 208 g/mol. The summed E-state index contributed by atoms with van der Waals surface area (Å²) in [5.74, 6) is 0.920. The fourth-order valence-electron chi connectivity index (χ4n) is 2.00. The third-order valence-electron chi connectivity index (χ3n) is 2.97. The topological polar surface area (TPSA) is 51.0 Å². The third-order valence-corrected chi connectivity index (χ3v) is 2.97. The summed E-state index contributed by atoms with van der Waals surface area (Å²) in [6.45, 7) is 1.70. The Bertz CT molecular complexity index is 336. The second-order valence-corrected chi connectivity index (χ2v) is 4.03. The Morgan fingerprint density at radius 1 is 1.60 bits per heavy atom. The summed E-state index contributed by atoms with van der Waals surface area (Å²) < 4.78 is 1.90. The first-order valence-corrected chi connectivity index (χ1v) is 5.33. The second kappa shape index (κ2) is 4.53. The fraction of sp³-hybridized carbons (Fsp3) is 0.700. The summed E-state index contributed by atoms with van der Waals surface area (Å²) in [5.41, 5.74) is 0. The van der Waals surface area contributed by atoms with E-state index in [4.69, 9.17) is 0 Å². The lowest BCUT2D eigenvalue weighted by Crippen LogP contribution is -2.40. The molecule has 0 aliphatic carbocycles. The minimum Gasteiger partial charge on any atom is -0.320 e. The number of hydrogen-bond donors (Lipinski definition) is 0. The molecule has 15 heavy (non-hydrogen) atoms. The summed E-state index contributed by atoms with van der Waals surface area (Å²) in [4.78, 5) is 13.1. The predicted octanol–water partition coefficient (Wildman–Crippen LogP) is 0.368. The molecule has 5 nitrogen and oxygen atoms in total. The Morgan fingerprint density at radius 2 is 2.47 bits per heavy atom. The number of piperidine rings is 1. The van der Waals surface area contributed by atoms with Gasteiger partial charge in [-0.05, 0) is 19.4 Å². The van der Waals surface area contributed by atoms with Crippen LogP contribution in [0.1, 0.15) is 25.1 Å². The van der Waals surface area contributed by atoms with Crippen LogP contribution in [0.25, 0.3) is 0 Å². The Balaban J connectivity index is 2.03. The molecular formula is C10H16N4O. The zero-order valence-electron chi connectivity index (χ0n) is 8.96. The van der Waals surface area contributed by atoms with Crippen LogP contribution in [-0.2, 0) is 18.4 Å². The van der Waals surface area contributed by atoms with Gasteiger partial charge < -0.3 is 9.36 Å². The molecule has 1 fully saturated rings. The van der Waals surface area contributed by atoms with Crippen LogP contribution in [0.3, 0.4) is 0 Å². The van der Waals surface area contributed by atoms with Gasteiger partial charge in [-0.15, -0.1) is 10.2 Å². The molecule has 2 rings (SSSR count). The summed E-state index contributed by atoms with van der Waals surface area (Å²) >= 11 is 0. The van der Waals surface area contributed by atoms with Crippen molar-refractivity contribution >= 4 is 6.29 Å². The van der Waals surface area contributed by atoms with E-state index in [9.17, 15) is 4.79 Å². The number of aryl methyl sites for hydroxylation is 1. The molecule has 0 aromatic carbocycles. The van der Waals surface area contributed by atoms with Crippen molar-refractivity contribution in [2.45, 2.75) is 31.8 Å². The zero-order valence-corrected chi connectivity index (χ0v) is 8.96. The van der Waals surface area contributed by atoms with Gasteiger partial charge in [0.15, 0.2) is 0 Å². The SMILES string of the molecule is Cn1cnnc1CN1CCCCC1C=O. The van der Waals surface area contributed by atoms with Crippen molar-refractivity contribution in [2.75, 3.05) is 6.54 Å². The molecule has 0 spiro atoms.